The zero-order valence-corrected chi connectivity index (χ0v) is 17.6. The summed E-state index contributed by atoms with van der Waals surface area (Å²) < 4.78 is 11.4. The summed E-state index contributed by atoms with van der Waals surface area (Å²) in [4.78, 5) is 7.15. The first-order valence-electron chi connectivity index (χ1n) is 10.7. The summed E-state index contributed by atoms with van der Waals surface area (Å²) >= 11 is 0. The molecule has 0 bridgehead atoms. The largest absolute Gasteiger partial charge is 0.493 e. The Morgan fingerprint density at radius 3 is 2.32 bits per heavy atom. The fraction of sp³-hybridized carbons (Fsp3) is 0.727. The fourth-order valence-corrected chi connectivity index (χ4v) is 4.05. The van der Waals surface area contributed by atoms with E-state index in [0.717, 1.165) is 44.2 Å². The highest BCUT2D eigenvalue weighted by Gasteiger charge is 2.18. The van der Waals surface area contributed by atoms with Crippen LogP contribution in [-0.2, 0) is 6.54 Å². The lowest BCUT2D eigenvalue weighted by Crippen LogP contribution is -2.47. The first kappa shape index (κ1) is 21.4. The van der Waals surface area contributed by atoms with Crippen LogP contribution in [0.25, 0.3) is 0 Å². The Kier molecular flexibility index (Phi) is 8.40. The van der Waals surface area contributed by atoms with Crippen LogP contribution in [0, 0.1) is 0 Å². The Morgan fingerprint density at radius 2 is 1.64 bits per heavy atom. The van der Waals surface area contributed by atoms with Crippen LogP contribution in [0.4, 0.5) is 0 Å². The molecule has 1 atom stereocenters. The number of rotatable bonds is 8. The van der Waals surface area contributed by atoms with Gasteiger partial charge in [-0.2, -0.15) is 0 Å². The van der Waals surface area contributed by atoms with Gasteiger partial charge < -0.3 is 19.5 Å². The molecule has 1 N–H and O–H groups in total. The van der Waals surface area contributed by atoms with E-state index in [-0.39, 0.29) is 6.61 Å². The Bertz CT molecular complexity index is 582. The molecule has 1 unspecified atom stereocenters. The maximum absolute atomic E-state index is 10.4. The Morgan fingerprint density at radius 1 is 0.929 bits per heavy atom. The van der Waals surface area contributed by atoms with Gasteiger partial charge in [-0.05, 0) is 50.7 Å². The summed E-state index contributed by atoms with van der Waals surface area (Å²) in [6.45, 7) is 8.35. The molecule has 6 nitrogen and oxygen atoms in total. The highest BCUT2D eigenvalue weighted by Crippen LogP contribution is 2.29. The van der Waals surface area contributed by atoms with Crippen molar-refractivity contribution in [2.45, 2.75) is 38.3 Å². The molecule has 2 aliphatic rings. The minimum Gasteiger partial charge on any atom is -0.493 e. The summed E-state index contributed by atoms with van der Waals surface area (Å²) in [6, 6.07) is 6.18. The second-order valence-corrected chi connectivity index (χ2v) is 8.24. The lowest BCUT2D eigenvalue weighted by atomic mass is 10.2. The predicted octanol–water partition coefficient (Wildman–Crippen LogP) is 2.06. The molecular formula is C22H37N3O3. The number of benzene rings is 1. The zero-order chi connectivity index (χ0) is 19.8. The van der Waals surface area contributed by atoms with E-state index in [0.29, 0.717) is 6.54 Å². The third-order valence-electron chi connectivity index (χ3n) is 5.83. The van der Waals surface area contributed by atoms with Crippen LogP contribution >= 0.6 is 0 Å². The molecule has 0 aliphatic carbocycles. The van der Waals surface area contributed by atoms with E-state index >= 15 is 0 Å². The number of likely N-dealkylation sites (tertiary alicyclic amines) is 1. The summed E-state index contributed by atoms with van der Waals surface area (Å²) in [5, 5.41) is 10.4. The van der Waals surface area contributed by atoms with E-state index < -0.39 is 6.10 Å². The van der Waals surface area contributed by atoms with Crippen molar-refractivity contribution in [2.24, 2.45) is 0 Å². The predicted molar refractivity (Wildman–Crippen MR) is 112 cm³/mol. The van der Waals surface area contributed by atoms with Crippen LogP contribution in [0.3, 0.4) is 0 Å². The number of β-amino-alcohol motifs (C(OH)–C–C–N with tert-alkyl or cyclic N) is 1. The number of aliphatic hydroxyl groups excluding tert-OH is 1. The topological polar surface area (TPSA) is 48.4 Å². The van der Waals surface area contributed by atoms with Crippen molar-refractivity contribution < 1.29 is 14.6 Å². The molecule has 1 aromatic rings. The zero-order valence-electron chi connectivity index (χ0n) is 17.6. The van der Waals surface area contributed by atoms with Gasteiger partial charge in [-0.3, -0.25) is 9.80 Å². The summed E-state index contributed by atoms with van der Waals surface area (Å²) in [5.41, 5.74) is 1.24. The van der Waals surface area contributed by atoms with E-state index in [1.807, 2.05) is 6.07 Å². The van der Waals surface area contributed by atoms with Crippen LogP contribution in [0.5, 0.6) is 11.5 Å². The average molecular weight is 392 g/mol. The number of hydrogen-bond acceptors (Lipinski definition) is 6. The van der Waals surface area contributed by atoms with E-state index in [1.54, 1.807) is 7.11 Å². The molecule has 0 spiro atoms. The maximum Gasteiger partial charge on any atom is 0.161 e. The molecule has 0 saturated carbocycles. The third-order valence-corrected chi connectivity index (χ3v) is 5.83. The van der Waals surface area contributed by atoms with Crippen molar-refractivity contribution in [1.82, 2.24) is 14.7 Å². The van der Waals surface area contributed by atoms with Gasteiger partial charge in [-0.25, -0.2) is 0 Å². The molecule has 2 saturated heterocycles. The molecule has 2 fully saturated rings. The van der Waals surface area contributed by atoms with E-state index in [2.05, 4.69) is 33.9 Å². The standard InChI is InChI=1S/C22H37N3O3/c1-23-11-13-25(14-12-23)17-20(26)18-28-22-15-19(7-8-21(22)27-2)16-24-9-5-3-4-6-10-24/h7-8,15,20,26H,3-6,9-14,16-18H2,1-2H3. The summed E-state index contributed by atoms with van der Waals surface area (Å²) in [7, 11) is 3.80. The molecule has 3 rings (SSSR count). The molecule has 6 heteroatoms. The van der Waals surface area contributed by atoms with Gasteiger partial charge in [0.1, 0.15) is 12.7 Å². The molecule has 0 amide bonds. The van der Waals surface area contributed by atoms with Crippen molar-refractivity contribution >= 4 is 0 Å². The van der Waals surface area contributed by atoms with Gasteiger partial charge >= 0.3 is 0 Å². The van der Waals surface area contributed by atoms with Crippen LogP contribution in [0.15, 0.2) is 18.2 Å². The van der Waals surface area contributed by atoms with Crippen LogP contribution in [-0.4, -0.2) is 92.5 Å². The molecule has 2 heterocycles. The van der Waals surface area contributed by atoms with Gasteiger partial charge in [0.05, 0.1) is 7.11 Å². The second-order valence-electron chi connectivity index (χ2n) is 8.24. The van der Waals surface area contributed by atoms with Gasteiger partial charge in [0, 0.05) is 39.3 Å². The van der Waals surface area contributed by atoms with Gasteiger partial charge in [-0.15, -0.1) is 0 Å². The van der Waals surface area contributed by atoms with Gasteiger partial charge in [0.15, 0.2) is 11.5 Å². The van der Waals surface area contributed by atoms with Gasteiger partial charge in [0.25, 0.3) is 0 Å². The molecule has 2 aliphatic heterocycles. The van der Waals surface area contributed by atoms with Crippen LogP contribution < -0.4 is 9.47 Å². The van der Waals surface area contributed by atoms with Crippen molar-refractivity contribution in [3.8, 4) is 11.5 Å². The lowest BCUT2D eigenvalue weighted by Gasteiger charge is -2.33. The first-order chi connectivity index (χ1) is 13.6. The number of ether oxygens (including phenoxy) is 2. The number of piperazine rings is 1. The molecular weight excluding hydrogens is 354 g/mol. The minimum atomic E-state index is -0.498. The molecule has 158 valence electrons. The summed E-state index contributed by atoms with van der Waals surface area (Å²) in [6.07, 6.45) is 4.77. The first-order valence-corrected chi connectivity index (χ1v) is 10.7. The molecule has 1 aromatic carbocycles. The lowest BCUT2D eigenvalue weighted by molar-refractivity contribution is 0.0497. The molecule has 0 radical (unpaired) electrons. The number of nitrogens with zero attached hydrogens (tertiary/aromatic N) is 3. The van der Waals surface area contributed by atoms with Gasteiger partial charge in [-0.1, -0.05) is 18.9 Å². The van der Waals surface area contributed by atoms with Crippen LogP contribution in [0.2, 0.25) is 0 Å². The highest BCUT2D eigenvalue weighted by molar-refractivity contribution is 5.43. The Labute approximate surface area is 170 Å². The van der Waals surface area contributed by atoms with Crippen molar-refractivity contribution in [3.05, 3.63) is 23.8 Å². The van der Waals surface area contributed by atoms with Crippen molar-refractivity contribution in [2.75, 3.05) is 66.6 Å². The SMILES string of the molecule is COc1ccc(CN2CCCCCC2)cc1OCC(O)CN1CCN(C)CC1. The van der Waals surface area contributed by atoms with Crippen LogP contribution in [0.1, 0.15) is 31.2 Å². The second kappa shape index (κ2) is 11.0. The normalized spacial score (nSPS) is 21.2. The van der Waals surface area contributed by atoms with E-state index in [9.17, 15) is 5.11 Å². The number of likely N-dealkylation sites (N-methyl/N-ethyl adjacent to an activating group) is 1. The fourth-order valence-electron chi connectivity index (χ4n) is 4.05. The molecule has 28 heavy (non-hydrogen) atoms. The van der Waals surface area contributed by atoms with E-state index in [1.165, 1.54) is 44.3 Å². The molecule has 0 aromatic heterocycles. The number of methoxy groups -OCH3 is 1. The van der Waals surface area contributed by atoms with Crippen molar-refractivity contribution in [1.29, 1.82) is 0 Å². The van der Waals surface area contributed by atoms with Crippen molar-refractivity contribution in [3.63, 3.8) is 0 Å². The minimum absolute atomic E-state index is 0.288. The monoisotopic (exact) mass is 391 g/mol. The van der Waals surface area contributed by atoms with E-state index in [4.69, 9.17) is 9.47 Å². The Hall–Kier alpha value is -1.34. The third kappa shape index (κ3) is 6.62. The smallest absolute Gasteiger partial charge is 0.161 e. The maximum atomic E-state index is 10.4. The Balaban J connectivity index is 1.52. The number of aliphatic hydroxyl groups is 1. The van der Waals surface area contributed by atoms with Gasteiger partial charge in [0.2, 0.25) is 0 Å². The quantitative estimate of drug-likeness (QED) is 0.732. The number of hydrogen-bond donors (Lipinski definition) is 1. The summed E-state index contributed by atoms with van der Waals surface area (Å²) in [5.74, 6) is 1.46. The highest BCUT2D eigenvalue weighted by atomic mass is 16.5. The average Bonchev–Trinajstić information content (AvgIpc) is 2.97.